The zero-order valence-corrected chi connectivity index (χ0v) is 11.9. The Morgan fingerprint density at radius 1 is 1.35 bits per heavy atom. The minimum Gasteiger partial charge on any atom is -0.494 e. The fourth-order valence-electron chi connectivity index (χ4n) is 2.04. The minimum atomic E-state index is -0.863. The van der Waals surface area contributed by atoms with Gasteiger partial charge in [-0.3, -0.25) is 9.59 Å². The number of rotatable bonds is 8. The van der Waals surface area contributed by atoms with E-state index in [2.05, 4.69) is 5.32 Å². The molecule has 1 aromatic rings. The van der Waals surface area contributed by atoms with Crippen LogP contribution in [0.25, 0.3) is 0 Å². The summed E-state index contributed by atoms with van der Waals surface area (Å²) in [6.07, 6.45) is 0.986. The van der Waals surface area contributed by atoms with E-state index in [0.717, 1.165) is 11.3 Å². The Labute approximate surface area is 118 Å². The van der Waals surface area contributed by atoms with E-state index in [0.29, 0.717) is 19.4 Å². The van der Waals surface area contributed by atoms with Gasteiger partial charge < -0.3 is 15.2 Å². The molecule has 0 saturated carbocycles. The van der Waals surface area contributed by atoms with E-state index in [9.17, 15) is 9.59 Å². The number of carboxylic acids is 1. The smallest absolute Gasteiger partial charge is 0.303 e. The molecular formula is C15H21NO4. The first-order chi connectivity index (χ1) is 9.52. The van der Waals surface area contributed by atoms with Gasteiger partial charge in [-0.15, -0.1) is 0 Å². The fourth-order valence-corrected chi connectivity index (χ4v) is 2.04. The molecule has 1 aromatic carbocycles. The number of benzene rings is 1. The first-order valence-corrected chi connectivity index (χ1v) is 6.72. The van der Waals surface area contributed by atoms with Crippen LogP contribution in [0.4, 0.5) is 0 Å². The molecule has 0 aliphatic heterocycles. The maximum absolute atomic E-state index is 11.2. The molecule has 0 bridgehead atoms. The number of carbonyl (C=O) groups excluding carboxylic acids is 1. The maximum atomic E-state index is 11.2. The summed E-state index contributed by atoms with van der Waals surface area (Å²) in [5.74, 6) is -0.242. The number of nitrogens with one attached hydrogen (secondary N) is 1. The zero-order chi connectivity index (χ0) is 15.0. The lowest BCUT2D eigenvalue weighted by Crippen LogP contribution is -2.35. The van der Waals surface area contributed by atoms with E-state index in [4.69, 9.17) is 9.84 Å². The molecule has 20 heavy (non-hydrogen) atoms. The number of amides is 1. The van der Waals surface area contributed by atoms with Crippen LogP contribution >= 0.6 is 0 Å². The van der Waals surface area contributed by atoms with Gasteiger partial charge in [0.15, 0.2) is 0 Å². The van der Waals surface area contributed by atoms with Crippen molar-refractivity contribution in [2.75, 3.05) is 6.61 Å². The maximum Gasteiger partial charge on any atom is 0.303 e. The van der Waals surface area contributed by atoms with Crippen molar-refractivity contribution >= 4 is 11.9 Å². The van der Waals surface area contributed by atoms with Gasteiger partial charge in [0.25, 0.3) is 0 Å². The Kier molecular flexibility index (Phi) is 6.56. The van der Waals surface area contributed by atoms with Crippen LogP contribution in [0, 0.1) is 0 Å². The second-order valence-corrected chi connectivity index (χ2v) is 4.57. The van der Waals surface area contributed by atoms with Crippen LogP contribution in [0.5, 0.6) is 5.75 Å². The highest BCUT2D eigenvalue weighted by Crippen LogP contribution is 2.20. The third-order valence-electron chi connectivity index (χ3n) is 2.85. The molecule has 0 aliphatic carbocycles. The van der Waals surface area contributed by atoms with Crippen LogP contribution in [0.15, 0.2) is 24.3 Å². The molecule has 1 atom stereocenters. The van der Waals surface area contributed by atoms with Crippen LogP contribution in [0.2, 0.25) is 0 Å². The Morgan fingerprint density at radius 3 is 2.65 bits per heavy atom. The largest absolute Gasteiger partial charge is 0.494 e. The predicted molar refractivity (Wildman–Crippen MR) is 75.8 cm³/mol. The van der Waals surface area contributed by atoms with Crippen molar-refractivity contribution in [3.8, 4) is 5.75 Å². The Balaban J connectivity index is 2.77. The molecule has 1 unspecified atom stereocenters. The first kappa shape index (κ1) is 16.0. The second kappa shape index (κ2) is 8.19. The number of ether oxygens (including phenoxy) is 1. The second-order valence-electron chi connectivity index (χ2n) is 4.57. The van der Waals surface area contributed by atoms with Crippen LogP contribution < -0.4 is 10.1 Å². The number of para-hydroxylation sites is 1. The molecule has 2 N–H and O–H groups in total. The SMILES string of the molecule is CCOc1ccccc1CC(CCC(=O)O)NC(C)=O. The summed E-state index contributed by atoms with van der Waals surface area (Å²) in [5, 5.41) is 11.6. The van der Waals surface area contributed by atoms with Gasteiger partial charge in [-0.2, -0.15) is 0 Å². The van der Waals surface area contributed by atoms with Gasteiger partial charge in [-0.1, -0.05) is 18.2 Å². The predicted octanol–water partition coefficient (Wildman–Crippen LogP) is 2.00. The number of carbonyl (C=O) groups is 2. The van der Waals surface area contributed by atoms with E-state index in [1.807, 2.05) is 31.2 Å². The highest BCUT2D eigenvalue weighted by Gasteiger charge is 2.15. The van der Waals surface area contributed by atoms with Crippen molar-refractivity contribution in [3.05, 3.63) is 29.8 Å². The summed E-state index contributed by atoms with van der Waals surface area (Å²) in [7, 11) is 0. The summed E-state index contributed by atoms with van der Waals surface area (Å²) in [5.41, 5.74) is 0.971. The van der Waals surface area contributed by atoms with Crippen LogP contribution in [-0.4, -0.2) is 29.6 Å². The lowest BCUT2D eigenvalue weighted by atomic mass is 10.0. The minimum absolute atomic E-state index is 0.0295. The van der Waals surface area contributed by atoms with Gasteiger partial charge in [-0.05, 0) is 31.4 Å². The molecule has 0 saturated heterocycles. The highest BCUT2D eigenvalue weighted by atomic mass is 16.5. The van der Waals surface area contributed by atoms with E-state index in [1.54, 1.807) is 0 Å². The third kappa shape index (κ3) is 5.73. The van der Waals surface area contributed by atoms with Gasteiger partial charge in [0, 0.05) is 19.4 Å². The van der Waals surface area contributed by atoms with Crippen molar-refractivity contribution < 1.29 is 19.4 Å². The molecule has 1 rings (SSSR count). The number of hydrogen-bond donors (Lipinski definition) is 2. The quantitative estimate of drug-likeness (QED) is 0.763. The highest BCUT2D eigenvalue weighted by molar-refractivity contribution is 5.73. The van der Waals surface area contributed by atoms with Gasteiger partial charge in [0.2, 0.25) is 5.91 Å². The summed E-state index contributed by atoms with van der Waals surface area (Å²) < 4.78 is 5.54. The van der Waals surface area contributed by atoms with Gasteiger partial charge >= 0.3 is 5.97 Å². The molecule has 0 spiro atoms. The van der Waals surface area contributed by atoms with Gasteiger partial charge in [-0.25, -0.2) is 0 Å². The van der Waals surface area contributed by atoms with Crippen molar-refractivity contribution in [2.45, 2.75) is 39.2 Å². The third-order valence-corrected chi connectivity index (χ3v) is 2.85. The van der Waals surface area contributed by atoms with Gasteiger partial charge in [0.1, 0.15) is 5.75 Å². The van der Waals surface area contributed by atoms with Gasteiger partial charge in [0.05, 0.1) is 6.61 Å². The molecule has 0 radical (unpaired) electrons. The average molecular weight is 279 g/mol. The summed E-state index contributed by atoms with van der Waals surface area (Å²) >= 11 is 0. The van der Waals surface area contributed by atoms with E-state index in [-0.39, 0.29) is 18.4 Å². The fraction of sp³-hybridized carbons (Fsp3) is 0.467. The molecule has 1 amide bonds. The van der Waals surface area contributed by atoms with Crippen LogP contribution in [0.3, 0.4) is 0 Å². The first-order valence-electron chi connectivity index (χ1n) is 6.72. The Morgan fingerprint density at radius 2 is 2.05 bits per heavy atom. The molecule has 5 heteroatoms. The molecule has 110 valence electrons. The lowest BCUT2D eigenvalue weighted by Gasteiger charge is -2.19. The van der Waals surface area contributed by atoms with Crippen LogP contribution in [-0.2, 0) is 16.0 Å². The molecule has 0 aromatic heterocycles. The van der Waals surface area contributed by atoms with E-state index in [1.165, 1.54) is 6.92 Å². The number of carboxylic acid groups (broad SMARTS) is 1. The Bertz CT molecular complexity index is 459. The Hall–Kier alpha value is -2.04. The van der Waals surface area contributed by atoms with Crippen molar-refractivity contribution in [1.82, 2.24) is 5.32 Å². The summed E-state index contributed by atoms with van der Waals surface area (Å²) in [4.78, 5) is 21.9. The monoisotopic (exact) mass is 279 g/mol. The topological polar surface area (TPSA) is 75.6 Å². The summed E-state index contributed by atoms with van der Waals surface area (Å²) in [6.45, 7) is 3.91. The van der Waals surface area contributed by atoms with Crippen molar-refractivity contribution in [3.63, 3.8) is 0 Å². The normalized spacial score (nSPS) is 11.7. The average Bonchev–Trinajstić information content (AvgIpc) is 2.38. The number of aliphatic carboxylic acids is 1. The van der Waals surface area contributed by atoms with Crippen molar-refractivity contribution in [1.29, 1.82) is 0 Å². The molecular weight excluding hydrogens is 258 g/mol. The molecule has 5 nitrogen and oxygen atoms in total. The molecule has 0 fully saturated rings. The molecule has 0 heterocycles. The van der Waals surface area contributed by atoms with Crippen molar-refractivity contribution in [2.24, 2.45) is 0 Å². The zero-order valence-electron chi connectivity index (χ0n) is 11.9. The molecule has 0 aliphatic rings. The lowest BCUT2D eigenvalue weighted by molar-refractivity contribution is -0.137. The number of hydrogen-bond acceptors (Lipinski definition) is 3. The summed E-state index contributed by atoms with van der Waals surface area (Å²) in [6, 6.07) is 7.39. The van der Waals surface area contributed by atoms with E-state index >= 15 is 0 Å². The van der Waals surface area contributed by atoms with Crippen LogP contribution in [0.1, 0.15) is 32.3 Å². The standard InChI is InChI=1S/C15H21NO4/c1-3-20-14-7-5-4-6-12(14)10-13(16-11(2)17)8-9-15(18)19/h4-7,13H,3,8-10H2,1-2H3,(H,16,17)(H,18,19). The van der Waals surface area contributed by atoms with E-state index < -0.39 is 5.97 Å².